The lowest BCUT2D eigenvalue weighted by Crippen LogP contribution is -2.06. The summed E-state index contributed by atoms with van der Waals surface area (Å²) in [5.41, 5.74) is 8.48. The molecule has 0 fully saturated rings. The van der Waals surface area contributed by atoms with E-state index in [0.29, 0.717) is 0 Å². The summed E-state index contributed by atoms with van der Waals surface area (Å²) < 4.78 is 0. The molecule has 1 aromatic heterocycles. The summed E-state index contributed by atoms with van der Waals surface area (Å²) in [6.45, 7) is 16.5. The lowest BCUT2D eigenvalue weighted by Gasteiger charge is -2.25. The van der Waals surface area contributed by atoms with Crippen LogP contribution in [0.1, 0.15) is 45.1 Å². The zero-order valence-electron chi connectivity index (χ0n) is 19.3. The van der Waals surface area contributed by atoms with Crippen LogP contribution in [0.3, 0.4) is 0 Å². The molecule has 0 spiro atoms. The smallest absolute Gasteiger partial charge is 0.0578 e. The maximum absolute atomic E-state index is 4.33. The third-order valence-corrected chi connectivity index (χ3v) is 8.45. The number of hydrogen-bond acceptors (Lipinski definition) is 2. The molecule has 0 unspecified atom stereocenters. The zero-order chi connectivity index (χ0) is 22.5. The van der Waals surface area contributed by atoms with Gasteiger partial charge < -0.3 is 5.32 Å². The maximum Gasteiger partial charge on any atom is 0.0578 e. The highest BCUT2D eigenvalue weighted by Gasteiger charge is 2.24. The van der Waals surface area contributed by atoms with Crippen LogP contribution in [0, 0.1) is 6.92 Å². The van der Waals surface area contributed by atoms with E-state index in [-0.39, 0.29) is 0 Å². The topological polar surface area (TPSA) is 12.0 Å². The highest BCUT2D eigenvalue weighted by Crippen LogP contribution is 2.48. The van der Waals surface area contributed by atoms with Crippen LogP contribution in [-0.2, 0) is 0 Å². The Balaban J connectivity index is 0.000000757. The Kier molecular flexibility index (Phi) is 8.17. The summed E-state index contributed by atoms with van der Waals surface area (Å²) >= 11 is 1.74. The molecule has 30 heavy (non-hydrogen) atoms. The number of nitrogens with one attached hydrogen (secondary N) is 1. The van der Waals surface area contributed by atoms with Crippen molar-refractivity contribution in [3.8, 4) is 22.3 Å². The van der Waals surface area contributed by atoms with E-state index in [4.69, 9.17) is 0 Å². The first-order valence-electron chi connectivity index (χ1n) is 10.7. The van der Waals surface area contributed by atoms with Crippen LogP contribution in [0.2, 0.25) is 0 Å². The predicted octanol–water partition coefficient (Wildman–Crippen LogP) is 8.89. The molecule has 1 aliphatic rings. The Hall–Kier alpha value is -2.23. The van der Waals surface area contributed by atoms with Crippen LogP contribution < -0.4 is 5.32 Å². The molecule has 0 aliphatic carbocycles. The van der Waals surface area contributed by atoms with Crippen LogP contribution in [0.4, 0.5) is 5.69 Å². The molecule has 1 aliphatic heterocycles. The van der Waals surface area contributed by atoms with Crippen molar-refractivity contribution in [2.75, 3.05) is 11.1 Å². The van der Waals surface area contributed by atoms with Gasteiger partial charge in [-0.05, 0) is 63.9 Å². The summed E-state index contributed by atoms with van der Waals surface area (Å²) in [5.74, 6) is 9.66. The fourth-order valence-electron chi connectivity index (χ4n) is 3.50. The molecule has 0 atom stereocenters. The van der Waals surface area contributed by atoms with Crippen LogP contribution in [0.5, 0.6) is 0 Å². The van der Waals surface area contributed by atoms with Crippen molar-refractivity contribution in [3.05, 3.63) is 64.9 Å². The fourth-order valence-corrected chi connectivity index (χ4v) is 5.38. The van der Waals surface area contributed by atoms with E-state index >= 15 is 0 Å². The third-order valence-electron chi connectivity index (χ3n) is 5.10. The molecule has 3 aromatic rings. The van der Waals surface area contributed by atoms with Gasteiger partial charge in [-0.25, -0.2) is 0 Å². The molecule has 2 heterocycles. The monoisotopic (exact) mass is 437 g/mol. The average molecular weight is 438 g/mol. The summed E-state index contributed by atoms with van der Waals surface area (Å²) in [4.78, 5) is 2.49. The molecule has 160 valence electrons. The molecule has 0 saturated heterocycles. The zero-order valence-corrected chi connectivity index (χ0v) is 20.9. The first kappa shape index (κ1) is 24.0. The Bertz CT molecular complexity index is 1110. The van der Waals surface area contributed by atoms with Gasteiger partial charge >= 0.3 is 0 Å². The first-order chi connectivity index (χ1) is 14.4. The molecule has 0 radical (unpaired) electrons. The minimum Gasteiger partial charge on any atom is -0.354 e. The largest absolute Gasteiger partial charge is 0.354 e. The lowest BCUT2D eigenvalue weighted by atomic mass is 9.88. The second-order valence-electron chi connectivity index (χ2n) is 6.81. The highest BCUT2D eigenvalue weighted by molar-refractivity contribution is 8.27. The van der Waals surface area contributed by atoms with Crippen molar-refractivity contribution >= 4 is 43.7 Å². The van der Waals surface area contributed by atoms with Crippen molar-refractivity contribution in [3.63, 3.8) is 0 Å². The van der Waals surface area contributed by atoms with E-state index < -0.39 is 9.21 Å². The second kappa shape index (κ2) is 10.2. The summed E-state index contributed by atoms with van der Waals surface area (Å²) in [7, 11) is -1.19. The van der Waals surface area contributed by atoms with Crippen LogP contribution in [-0.4, -0.2) is 17.5 Å². The third kappa shape index (κ3) is 4.43. The number of rotatable bonds is 3. The minimum absolute atomic E-state index is 0.984. The van der Waals surface area contributed by atoms with E-state index in [1.165, 1.54) is 37.6 Å². The molecule has 0 bridgehead atoms. The van der Waals surface area contributed by atoms with Gasteiger partial charge in [0, 0.05) is 22.5 Å². The molecular formula is C27H35NS2. The molecule has 3 heteroatoms. The number of hydrogen-bond donors (Lipinski definition) is 1. The summed E-state index contributed by atoms with van der Waals surface area (Å²) in [6.07, 6.45) is 0. The van der Waals surface area contributed by atoms with Gasteiger partial charge in [0.15, 0.2) is 0 Å². The normalized spacial score (nSPS) is 11.7. The molecule has 1 N–H and O–H groups in total. The average Bonchev–Trinajstić information content (AvgIpc) is 3.28. The van der Waals surface area contributed by atoms with Crippen molar-refractivity contribution in [2.24, 2.45) is 0 Å². The number of thiophene rings is 1. The fraction of sp³-hybridized carbons (Fsp3) is 0.259. The van der Waals surface area contributed by atoms with Gasteiger partial charge in [-0.3, -0.25) is 0 Å². The quantitative estimate of drug-likeness (QED) is 0.403. The summed E-state index contributed by atoms with van der Waals surface area (Å²) in [6, 6.07) is 15.4. The van der Waals surface area contributed by atoms with E-state index in [1.54, 1.807) is 11.3 Å². The van der Waals surface area contributed by atoms with Gasteiger partial charge in [0.2, 0.25) is 0 Å². The lowest BCUT2D eigenvalue weighted by molar-refractivity contribution is 1.39. The van der Waals surface area contributed by atoms with Crippen molar-refractivity contribution in [1.29, 1.82) is 0 Å². The Morgan fingerprint density at radius 3 is 2.13 bits per heavy atom. The molecular weight excluding hydrogens is 402 g/mol. The number of benzene rings is 2. The number of anilines is 1. The van der Waals surface area contributed by atoms with Crippen molar-refractivity contribution in [2.45, 2.75) is 46.4 Å². The standard InChI is InChI=1S/C23H23NS2.2C2H6/c1-6-26(4,5)18-10-8-17(9-11-18)21-15(2)7-12-20-22(21)19-13-14-25-23(19)16(3)24-20;2*1-2/h7-14,24H,3-6H2,1-2H3;2*1-2H3. The van der Waals surface area contributed by atoms with E-state index in [2.05, 4.69) is 85.3 Å². The summed E-state index contributed by atoms with van der Waals surface area (Å²) in [5, 5.41) is 5.63. The second-order valence-corrected chi connectivity index (χ2v) is 10.9. The van der Waals surface area contributed by atoms with E-state index in [9.17, 15) is 0 Å². The van der Waals surface area contributed by atoms with E-state index in [0.717, 1.165) is 17.1 Å². The van der Waals surface area contributed by atoms with Crippen LogP contribution >= 0.6 is 20.5 Å². The van der Waals surface area contributed by atoms with Gasteiger partial charge in [-0.2, -0.15) is 9.21 Å². The van der Waals surface area contributed by atoms with Crippen LogP contribution in [0.25, 0.3) is 28.0 Å². The maximum atomic E-state index is 4.33. The molecule has 2 aromatic carbocycles. The van der Waals surface area contributed by atoms with Gasteiger partial charge in [-0.15, -0.1) is 11.3 Å². The van der Waals surface area contributed by atoms with Gasteiger partial charge in [0.1, 0.15) is 0 Å². The molecule has 0 amide bonds. The Morgan fingerprint density at radius 1 is 0.900 bits per heavy atom. The van der Waals surface area contributed by atoms with Gasteiger partial charge in [-0.1, -0.05) is 71.1 Å². The van der Waals surface area contributed by atoms with Crippen molar-refractivity contribution < 1.29 is 0 Å². The Labute approximate surface area is 188 Å². The van der Waals surface area contributed by atoms with E-state index in [1.807, 2.05) is 27.7 Å². The number of aryl methyl sites for hydroxylation is 1. The van der Waals surface area contributed by atoms with Gasteiger partial charge in [0.05, 0.1) is 4.88 Å². The number of fused-ring (bicyclic) bond motifs is 3. The predicted molar refractivity (Wildman–Crippen MR) is 146 cm³/mol. The first-order valence-corrected chi connectivity index (χ1v) is 13.7. The Morgan fingerprint density at radius 2 is 1.53 bits per heavy atom. The molecule has 1 nitrogen and oxygen atoms in total. The van der Waals surface area contributed by atoms with Gasteiger partial charge in [0.25, 0.3) is 0 Å². The highest BCUT2D eigenvalue weighted by atomic mass is 32.2. The van der Waals surface area contributed by atoms with Crippen LogP contribution in [0.15, 0.2) is 59.3 Å². The minimum atomic E-state index is -1.19. The molecule has 4 rings (SSSR count). The molecule has 0 saturated carbocycles. The van der Waals surface area contributed by atoms with Crippen molar-refractivity contribution in [1.82, 2.24) is 0 Å². The SMILES string of the molecule is C=C1Nc2ccc(C)c(-c3ccc(S(=C)(=C)CC)cc3)c2-c2ccsc21.CC.CC.